The second kappa shape index (κ2) is 6.26. The van der Waals surface area contributed by atoms with E-state index in [4.69, 9.17) is 4.74 Å². The molecule has 0 atom stereocenters. The van der Waals surface area contributed by atoms with Gasteiger partial charge in [-0.1, -0.05) is 0 Å². The smallest absolute Gasteiger partial charge is 0.350 e. The third-order valence-corrected chi connectivity index (χ3v) is 6.18. The van der Waals surface area contributed by atoms with Crippen molar-refractivity contribution >= 4 is 61.8 Å². The molecule has 0 bridgehead atoms. The number of esters is 1. The number of hydrogen-bond donors (Lipinski definition) is 1. The van der Waals surface area contributed by atoms with Crippen LogP contribution in [0.5, 0.6) is 0 Å². The highest BCUT2D eigenvalue weighted by Crippen LogP contribution is 2.43. The summed E-state index contributed by atoms with van der Waals surface area (Å²) in [5.41, 5.74) is 2.37. The molecule has 1 aliphatic rings. The molecule has 1 N–H and O–H groups in total. The number of fused-ring (bicyclic) bond motifs is 3. The summed E-state index contributed by atoms with van der Waals surface area (Å²) in [7, 11) is 5.26. The van der Waals surface area contributed by atoms with Gasteiger partial charge < -0.3 is 15.0 Å². The predicted molar refractivity (Wildman–Crippen MR) is 105 cm³/mol. The van der Waals surface area contributed by atoms with Gasteiger partial charge in [-0.3, -0.25) is 9.69 Å². The minimum Gasteiger partial charge on any atom is -0.465 e. The average Bonchev–Trinajstić information content (AvgIpc) is 3.26. The van der Waals surface area contributed by atoms with E-state index in [-0.39, 0.29) is 12.6 Å². The predicted octanol–water partition coefficient (Wildman–Crippen LogP) is 3.24. The number of anilines is 3. The number of ether oxygens (including phenoxy) is 1. The molecule has 26 heavy (non-hydrogen) atoms. The van der Waals surface area contributed by atoms with Crippen molar-refractivity contribution in [2.24, 2.45) is 0 Å². The lowest BCUT2D eigenvalue weighted by Gasteiger charge is -2.28. The lowest BCUT2D eigenvalue weighted by Crippen LogP contribution is -2.39. The first-order chi connectivity index (χ1) is 12.5. The van der Waals surface area contributed by atoms with Crippen molar-refractivity contribution in [1.29, 1.82) is 0 Å². The minimum absolute atomic E-state index is 0.144. The number of pyridine rings is 1. The van der Waals surface area contributed by atoms with E-state index in [1.807, 2.05) is 25.1 Å². The van der Waals surface area contributed by atoms with Crippen LogP contribution >= 0.6 is 22.7 Å². The van der Waals surface area contributed by atoms with Crippen molar-refractivity contribution in [3.05, 3.63) is 33.5 Å². The summed E-state index contributed by atoms with van der Waals surface area (Å²) < 4.78 is 4.82. The van der Waals surface area contributed by atoms with Gasteiger partial charge in [-0.15, -0.1) is 22.7 Å². The molecule has 3 aromatic heterocycles. The van der Waals surface area contributed by atoms with Crippen LogP contribution in [0.25, 0.3) is 10.2 Å². The van der Waals surface area contributed by atoms with Gasteiger partial charge >= 0.3 is 5.97 Å². The molecule has 0 radical (unpaired) electrons. The van der Waals surface area contributed by atoms with Crippen LogP contribution in [0.4, 0.5) is 17.1 Å². The summed E-state index contributed by atoms with van der Waals surface area (Å²) in [4.78, 5) is 34.9. The molecule has 4 heterocycles. The van der Waals surface area contributed by atoms with Gasteiger partial charge in [0.1, 0.15) is 14.6 Å². The van der Waals surface area contributed by atoms with Crippen molar-refractivity contribution in [2.45, 2.75) is 0 Å². The van der Waals surface area contributed by atoms with Crippen LogP contribution in [0.3, 0.4) is 0 Å². The summed E-state index contributed by atoms with van der Waals surface area (Å²) >= 11 is 2.61. The molecule has 7 nitrogen and oxygen atoms in total. The topological polar surface area (TPSA) is 74.8 Å². The highest BCUT2D eigenvalue weighted by atomic mass is 32.1. The molecule has 0 saturated carbocycles. The molecule has 134 valence electrons. The van der Waals surface area contributed by atoms with Gasteiger partial charge in [0.15, 0.2) is 0 Å². The largest absolute Gasteiger partial charge is 0.465 e. The van der Waals surface area contributed by atoms with Crippen LogP contribution in [0, 0.1) is 0 Å². The normalized spacial score (nSPS) is 13.5. The van der Waals surface area contributed by atoms with Crippen LogP contribution in [0.2, 0.25) is 0 Å². The molecular formula is C17H16N4O3S2. The fraction of sp³-hybridized carbons (Fsp3) is 0.235. The van der Waals surface area contributed by atoms with Crippen molar-refractivity contribution < 1.29 is 14.3 Å². The highest BCUT2D eigenvalue weighted by Gasteiger charge is 2.33. The van der Waals surface area contributed by atoms with Crippen molar-refractivity contribution in [1.82, 2.24) is 4.98 Å². The Hall–Kier alpha value is -2.65. The maximum Gasteiger partial charge on any atom is 0.350 e. The third-order valence-electron chi connectivity index (χ3n) is 4.21. The number of amides is 1. The maximum atomic E-state index is 13.1. The zero-order valence-electron chi connectivity index (χ0n) is 14.4. The second-order valence-corrected chi connectivity index (χ2v) is 7.82. The summed E-state index contributed by atoms with van der Waals surface area (Å²) in [5.74, 6) is -0.587. The molecule has 0 aliphatic carbocycles. The number of aromatic nitrogens is 1. The SMILES string of the molecule is COC(=O)c1sccc1N1CNc2c(sc3nccc(N(C)C)c23)C1=O. The quantitative estimate of drug-likeness (QED) is 0.695. The summed E-state index contributed by atoms with van der Waals surface area (Å²) in [6.45, 7) is 0.278. The highest BCUT2D eigenvalue weighted by molar-refractivity contribution is 7.21. The first-order valence-electron chi connectivity index (χ1n) is 7.83. The number of thiophene rings is 2. The summed E-state index contributed by atoms with van der Waals surface area (Å²) in [6, 6.07) is 3.69. The number of carbonyl (C=O) groups excluding carboxylic acids is 2. The molecule has 3 aromatic rings. The molecular weight excluding hydrogens is 372 g/mol. The Kier molecular flexibility index (Phi) is 4.04. The van der Waals surface area contributed by atoms with Crippen molar-refractivity contribution in [2.75, 3.05) is 43.0 Å². The Bertz CT molecular complexity index is 1020. The van der Waals surface area contributed by atoms with Gasteiger partial charge in [0, 0.05) is 20.3 Å². The molecule has 9 heteroatoms. The Labute approximate surface area is 157 Å². The lowest BCUT2D eigenvalue weighted by molar-refractivity contribution is 0.0607. The molecule has 1 aliphatic heterocycles. The number of nitrogens with one attached hydrogen (secondary N) is 1. The first kappa shape index (κ1) is 16.8. The van der Waals surface area contributed by atoms with E-state index in [2.05, 4.69) is 10.3 Å². The fourth-order valence-corrected chi connectivity index (χ4v) is 4.91. The van der Waals surface area contributed by atoms with E-state index in [9.17, 15) is 9.59 Å². The molecule has 0 saturated heterocycles. The summed E-state index contributed by atoms with van der Waals surface area (Å²) in [6.07, 6.45) is 1.75. The van der Waals surface area contributed by atoms with Crippen molar-refractivity contribution in [3.63, 3.8) is 0 Å². The maximum absolute atomic E-state index is 13.1. The zero-order valence-corrected chi connectivity index (χ0v) is 16.0. The van der Waals surface area contributed by atoms with Gasteiger partial charge in [0.25, 0.3) is 5.91 Å². The summed E-state index contributed by atoms with van der Waals surface area (Å²) in [5, 5.41) is 6.06. The molecule has 0 unspecified atom stereocenters. The number of rotatable bonds is 3. The van der Waals surface area contributed by atoms with Crippen LogP contribution in [0.15, 0.2) is 23.7 Å². The monoisotopic (exact) mass is 388 g/mol. The van der Waals surface area contributed by atoms with E-state index in [0.717, 1.165) is 21.6 Å². The van der Waals surface area contributed by atoms with Gasteiger partial charge in [-0.25, -0.2) is 9.78 Å². The van der Waals surface area contributed by atoms with E-state index in [1.165, 1.54) is 29.8 Å². The van der Waals surface area contributed by atoms with Crippen LogP contribution in [0.1, 0.15) is 19.3 Å². The number of nitrogens with zero attached hydrogens (tertiary/aromatic N) is 3. The first-order valence-corrected chi connectivity index (χ1v) is 9.53. The zero-order chi connectivity index (χ0) is 18.4. The van der Waals surface area contributed by atoms with E-state index < -0.39 is 5.97 Å². The van der Waals surface area contributed by atoms with Gasteiger partial charge in [-0.2, -0.15) is 0 Å². The molecule has 0 fully saturated rings. The van der Waals surface area contributed by atoms with E-state index >= 15 is 0 Å². The molecule has 0 spiro atoms. The number of carbonyl (C=O) groups is 2. The van der Waals surface area contributed by atoms with Crippen LogP contribution < -0.4 is 15.1 Å². The Morgan fingerprint density at radius 1 is 1.38 bits per heavy atom. The van der Waals surface area contributed by atoms with Crippen molar-refractivity contribution in [3.8, 4) is 0 Å². The van der Waals surface area contributed by atoms with Gasteiger partial charge in [-0.05, 0) is 17.5 Å². The van der Waals surface area contributed by atoms with Crippen LogP contribution in [-0.2, 0) is 4.74 Å². The second-order valence-electron chi connectivity index (χ2n) is 5.91. The van der Waals surface area contributed by atoms with E-state index in [0.29, 0.717) is 15.4 Å². The molecule has 0 aromatic carbocycles. The van der Waals surface area contributed by atoms with Gasteiger partial charge in [0.2, 0.25) is 0 Å². The third kappa shape index (κ3) is 2.43. The lowest BCUT2D eigenvalue weighted by atomic mass is 10.1. The minimum atomic E-state index is -0.443. The average molecular weight is 388 g/mol. The van der Waals surface area contributed by atoms with E-state index in [1.54, 1.807) is 22.5 Å². The van der Waals surface area contributed by atoms with Crippen LogP contribution in [-0.4, -0.2) is 44.7 Å². The molecule has 1 amide bonds. The number of methoxy groups -OCH3 is 1. The Balaban J connectivity index is 1.81. The van der Waals surface area contributed by atoms with Gasteiger partial charge in [0.05, 0.1) is 36.2 Å². The number of hydrogen-bond acceptors (Lipinski definition) is 8. The Morgan fingerprint density at radius 2 is 2.19 bits per heavy atom. The fourth-order valence-electron chi connectivity index (χ4n) is 3.01. The Morgan fingerprint density at radius 3 is 2.92 bits per heavy atom. The molecule has 4 rings (SSSR count). The standard InChI is InChI=1S/C17H16N4O3S2/c1-20(2)9-4-6-18-15-11(9)12-14(26-15)16(22)21(8-19-12)10-5-7-25-13(10)17(23)24-3/h4-7,19H,8H2,1-3H3.